The molecule has 1 aliphatic heterocycles. The molecule has 1 saturated heterocycles. The first-order valence-electron chi connectivity index (χ1n) is 4.22. The molecule has 0 aromatic rings. The summed E-state index contributed by atoms with van der Waals surface area (Å²) in [6.45, 7) is 0.119. The second-order valence-electron chi connectivity index (χ2n) is 2.59. The Labute approximate surface area is 66.8 Å². The van der Waals surface area contributed by atoms with Gasteiger partial charge in [-0.05, 0) is 12.8 Å². The summed E-state index contributed by atoms with van der Waals surface area (Å²) >= 11 is 0. The molecule has 0 spiro atoms. The van der Waals surface area contributed by atoms with Gasteiger partial charge < -0.3 is 15.1 Å². The van der Waals surface area contributed by atoms with Crippen molar-refractivity contribution in [1.82, 2.24) is 4.90 Å². The quantitative estimate of drug-likeness (QED) is 0.515. The monoisotopic (exact) mass is 160 g/mol. The molecular weight excluding hydrogens is 146 g/mol. The van der Waals surface area contributed by atoms with Gasteiger partial charge in [-0.2, -0.15) is 0 Å². The van der Waals surface area contributed by atoms with E-state index in [0.29, 0.717) is 13.0 Å². The van der Waals surface area contributed by atoms with Crippen LogP contribution in [0.1, 0.15) is 14.2 Å². The first kappa shape index (κ1) is 7.06. The minimum Gasteiger partial charge on any atom is -0.391 e. The Morgan fingerprint density at radius 1 is 1.82 bits per heavy atom. The number of nitrogens with zero attached hydrogens (tertiary/aromatic N) is 1. The minimum atomic E-state index is -0.769. The zero-order valence-electron chi connectivity index (χ0n) is 7.23. The van der Waals surface area contributed by atoms with Gasteiger partial charge in [0.1, 0.15) is 6.61 Å². The molecule has 1 amide bonds. The van der Waals surface area contributed by atoms with E-state index in [2.05, 4.69) is 0 Å². The topological polar surface area (TPSA) is 60.8 Å². The molecule has 64 valence electrons. The average molecular weight is 160 g/mol. The molecule has 1 rings (SSSR count). The Kier molecular flexibility index (Phi) is 2.37. The number of aliphatic hydroxyl groups is 2. The maximum atomic E-state index is 10.9. The van der Waals surface area contributed by atoms with Gasteiger partial charge in [-0.25, -0.2) is 0 Å². The summed E-state index contributed by atoms with van der Waals surface area (Å²) < 4.78 is 7.32. The molecule has 0 saturated carbocycles. The van der Waals surface area contributed by atoms with E-state index in [4.69, 9.17) is 6.48 Å². The van der Waals surface area contributed by atoms with Gasteiger partial charge in [0.15, 0.2) is 0 Å². The molecule has 0 unspecified atom stereocenters. The first-order valence-corrected chi connectivity index (χ1v) is 3.64. The van der Waals surface area contributed by atoms with E-state index in [0.717, 1.165) is 0 Å². The number of aliphatic hydroxyl groups excluding tert-OH is 2. The molecule has 0 bridgehead atoms. The van der Waals surface area contributed by atoms with Crippen LogP contribution in [0.25, 0.3) is 0 Å². The van der Waals surface area contributed by atoms with Crippen molar-refractivity contribution in [2.75, 3.05) is 19.7 Å². The summed E-state index contributed by atoms with van der Waals surface area (Å²) in [5.41, 5.74) is 0. The summed E-state index contributed by atoms with van der Waals surface area (Å²) in [5.74, 6) is -0.374. The van der Waals surface area contributed by atoms with E-state index in [1.54, 1.807) is 0 Å². The van der Waals surface area contributed by atoms with Crippen molar-refractivity contribution < 1.29 is 16.4 Å². The third kappa shape index (κ3) is 2.17. The highest BCUT2D eigenvalue weighted by Crippen LogP contribution is 2.09. The molecular formula is C7H13NO3. The number of β-amino-alcohol motifs (C(OH)–C–C–N with tert-alkyl or cyclic N) is 1. The van der Waals surface area contributed by atoms with Crippen LogP contribution in [0.15, 0.2) is 0 Å². The lowest BCUT2D eigenvalue weighted by molar-refractivity contribution is -0.137. The summed E-state index contributed by atoms with van der Waals surface area (Å²) in [5, 5.41) is 17.7. The van der Waals surface area contributed by atoms with Crippen LogP contribution in [0.4, 0.5) is 0 Å². The number of hydrogen-bond donors (Lipinski definition) is 2. The minimum absolute atomic E-state index is 0.174. The third-order valence-electron chi connectivity index (χ3n) is 1.73. The van der Waals surface area contributed by atoms with E-state index >= 15 is 0 Å². The van der Waals surface area contributed by atoms with E-state index in [1.807, 2.05) is 0 Å². The van der Waals surface area contributed by atoms with Crippen molar-refractivity contribution >= 4 is 5.91 Å². The van der Waals surface area contributed by atoms with Crippen molar-refractivity contribution in [1.29, 1.82) is 0 Å². The van der Waals surface area contributed by atoms with Gasteiger partial charge in [-0.1, -0.05) is 0 Å². The Morgan fingerprint density at radius 2 is 2.55 bits per heavy atom. The first-order chi connectivity index (χ1) is 5.65. The molecule has 2 N–H and O–H groups in total. The van der Waals surface area contributed by atoms with E-state index in [1.165, 1.54) is 4.90 Å². The number of carbonyl (C=O) groups excluding carboxylic acids is 1. The molecule has 0 aromatic heterocycles. The van der Waals surface area contributed by atoms with Crippen molar-refractivity contribution in [2.24, 2.45) is 0 Å². The standard InChI is InChI=1S/C7H13NO3/c9-5-7(11)8-3-1-2-6(10)4-8/h6,9-10H,1-5H2/t6-/m1/s1/i2D/t2-,6-. The zero-order chi connectivity index (χ0) is 9.14. The smallest absolute Gasteiger partial charge is 0.248 e. The molecule has 0 aliphatic carbocycles. The van der Waals surface area contributed by atoms with Crippen LogP contribution in [-0.4, -0.2) is 46.8 Å². The van der Waals surface area contributed by atoms with E-state index in [9.17, 15) is 9.90 Å². The van der Waals surface area contributed by atoms with Crippen LogP contribution >= 0.6 is 0 Å². The Morgan fingerprint density at radius 3 is 3.09 bits per heavy atom. The van der Waals surface area contributed by atoms with Crippen LogP contribution in [0.5, 0.6) is 0 Å². The molecule has 0 radical (unpaired) electrons. The number of amides is 1. The summed E-state index contributed by atoms with van der Waals surface area (Å²) in [7, 11) is 0. The SMILES string of the molecule is [2H][C@@H]1CCN(C(=O)CO)C[C@@H]1O. The summed E-state index contributed by atoms with van der Waals surface area (Å²) in [6, 6.07) is 0. The normalized spacial score (nSPS) is 33.3. The predicted molar refractivity (Wildman–Crippen MR) is 38.9 cm³/mol. The number of piperidine rings is 1. The molecule has 4 nitrogen and oxygen atoms in total. The molecule has 11 heavy (non-hydrogen) atoms. The lowest BCUT2D eigenvalue weighted by atomic mass is 10.1. The van der Waals surface area contributed by atoms with E-state index in [-0.39, 0.29) is 12.5 Å². The van der Waals surface area contributed by atoms with Crippen LogP contribution in [0.2, 0.25) is 0 Å². The number of likely N-dealkylation sites (tertiary alicyclic amines) is 1. The Hall–Kier alpha value is -0.610. The van der Waals surface area contributed by atoms with Crippen LogP contribution in [-0.2, 0) is 4.79 Å². The zero-order valence-corrected chi connectivity index (χ0v) is 6.23. The fourth-order valence-corrected chi connectivity index (χ4v) is 1.14. The maximum absolute atomic E-state index is 10.9. The van der Waals surface area contributed by atoms with Gasteiger partial charge in [-0.15, -0.1) is 0 Å². The summed E-state index contributed by atoms with van der Waals surface area (Å²) in [4.78, 5) is 12.3. The molecule has 1 fully saturated rings. The van der Waals surface area contributed by atoms with Gasteiger partial charge in [0.25, 0.3) is 0 Å². The molecule has 1 aliphatic rings. The van der Waals surface area contributed by atoms with Crippen molar-refractivity contribution in [3.8, 4) is 0 Å². The second-order valence-corrected chi connectivity index (χ2v) is 2.59. The van der Waals surface area contributed by atoms with Gasteiger partial charge in [-0.3, -0.25) is 4.79 Å². The average Bonchev–Trinajstić information content (AvgIpc) is 2.08. The highest BCUT2D eigenvalue weighted by atomic mass is 16.3. The fourth-order valence-electron chi connectivity index (χ4n) is 1.14. The van der Waals surface area contributed by atoms with Crippen molar-refractivity contribution in [3.63, 3.8) is 0 Å². The fraction of sp³-hybridized carbons (Fsp3) is 0.857. The van der Waals surface area contributed by atoms with E-state index < -0.39 is 19.1 Å². The Balaban J connectivity index is 2.45. The largest absolute Gasteiger partial charge is 0.391 e. The number of hydrogen-bond acceptors (Lipinski definition) is 3. The molecule has 2 atom stereocenters. The lowest BCUT2D eigenvalue weighted by Crippen LogP contribution is -2.43. The highest BCUT2D eigenvalue weighted by Gasteiger charge is 2.20. The van der Waals surface area contributed by atoms with Crippen LogP contribution in [0, 0.1) is 0 Å². The highest BCUT2D eigenvalue weighted by molar-refractivity contribution is 5.77. The van der Waals surface area contributed by atoms with Crippen LogP contribution in [0.3, 0.4) is 0 Å². The summed E-state index contributed by atoms with van der Waals surface area (Å²) in [6.07, 6.45) is -0.783. The van der Waals surface area contributed by atoms with Crippen LogP contribution < -0.4 is 0 Å². The van der Waals surface area contributed by atoms with Gasteiger partial charge in [0.05, 0.1) is 6.10 Å². The molecule has 0 aromatic carbocycles. The Bertz CT molecular complexity index is 176. The lowest BCUT2D eigenvalue weighted by Gasteiger charge is -2.29. The number of rotatable bonds is 1. The third-order valence-corrected chi connectivity index (χ3v) is 1.73. The van der Waals surface area contributed by atoms with Gasteiger partial charge in [0.2, 0.25) is 5.91 Å². The van der Waals surface area contributed by atoms with Gasteiger partial charge >= 0.3 is 0 Å². The van der Waals surface area contributed by atoms with Crippen molar-refractivity contribution in [3.05, 3.63) is 0 Å². The van der Waals surface area contributed by atoms with Crippen molar-refractivity contribution in [2.45, 2.75) is 18.9 Å². The maximum Gasteiger partial charge on any atom is 0.248 e. The predicted octanol–water partition coefficient (Wildman–Crippen LogP) is -1.04. The molecule has 1 heterocycles. The number of carbonyl (C=O) groups is 1. The second kappa shape index (κ2) is 3.69. The molecule has 4 heteroatoms. The van der Waals surface area contributed by atoms with Gasteiger partial charge in [0, 0.05) is 14.5 Å².